The monoisotopic (exact) mass is 188 g/mol. The molecule has 0 aromatic rings. The van der Waals surface area contributed by atoms with Crippen LogP contribution >= 0.6 is 0 Å². The molecule has 0 bridgehead atoms. The molecule has 76 valence electrons. The van der Waals surface area contributed by atoms with Crippen molar-refractivity contribution in [1.82, 2.24) is 0 Å². The second-order valence-corrected chi connectivity index (χ2v) is 7.47. The standard InChI is InChI=1S/C14H20/c1-2-11(1)9-13(5-6-13)14(7-8-14)10-12(11)3-4-12/h1-10H2. The SMILES string of the molecule is C1CC12CC1(CC1)C1(CC1)CC21CC1. The fourth-order valence-corrected chi connectivity index (χ4v) is 5.48. The van der Waals surface area contributed by atoms with Gasteiger partial charge in [-0.05, 0) is 85.9 Å². The van der Waals surface area contributed by atoms with Crippen molar-refractivity contribution < 1.29 is 0 Å². The molecule has 0 atom stereocenters. The molecular formula is C14H20. The van der Waals surface area contributed by atoms with Crippen LogP contribution in [-0.4, -0.2) is 0 Å². The van der Waals surface area contributed by atoms with E-state index in [0.29, 0.717) is 0 Å². The van der Waals surface area contributed by atoms with Gasteiger partial charge in [0.25, 0.3) is 0 Å². The van der Waals surface area contributed by atoms with E-state index in [9.17, 15) is 0 Å². The second-order valence-electron chi connectivity index (χ2n) is 7.47. The molecule has 5 rings (SSSR count). The summed E-state index contributed by atoms with van der Waals surface area (Å²) in [5.41, 5.74) is 3.71. The lowest BCUT2D eigenvalue weighted by Gasteiger charge is -2.44. The number of fused-ring (bicyclic) bond motifs is 2. The summed E-state index contributed by atoms with van der Waals surface area (Å²) in [5.74, 6) is 0. The third-order valence-electron chi connectivity index (χ3n) is 7.02. The molecule has 0 saturated heterocycles. The van der Waals surface area contributed by atoms with Crippen LogP contribution in [0, 0.1) is 21.7 Å². The van der Waals surface area contributed by atoms with Crippen LogP contribution in [0.4, 0.5) is 0 Å². The molecule has 0 unspecified atom stereocenters. The Bertz CT molecular complexity index is 256. The molecular weight excluding hydrogens is 168 g/mol. The minimum absolute atomic E-state index is 0.928. The van der Waals surface area contributed by atoms with Crippen molar-refractivity contribution in [3.05, 3.63) is 0 Å². The van der Waals surface area contributed by atoms with Crippen LogP contribution in [0.5, 0.6) is 0 Å². The smallest absolute Gasteiger partial charge is 0.0235 e. The lowest BCUT2D eigenvalue weighted by molar-refractivity contribution is 0.0437. The van der Waals surface area contributed by atoms with Crippen molar-refractivity contribution in [3.63, 3.8) is 0 Å². The van der Waals surface area contributed by atoms with Gasteiger partial charge >= 0.3 is 0 Å². The van der Waals surface area contributed by atoms with E-state index in [1.54, 1.807) is 64.2 Å². The van der Waals surface area contributed by atoms with Crippen molar-refractivity contribution in [1.29, 1.82) is 0 Å². The van der Waals surface area contributed by atoms with Gasteiger partial charge in [-0.15, -0.1) is 0 Å². The minimum atomic E-state index is 0.928. The van der Waals surface area contributed by atoms with E-state index in [2.05, 4.69) is 0 Å². The molecule has 0 nitrogen and oxygen atoms in total. The molecule has 0 amide bonds. The Labute approximate surface area is 86.5 Å². The summed E-state index contributed by atoms with van der Waals surface area (Å²) in [6.45, 7) is 0. The van der Waals surface area contributed by atoms with E-state index in [1.165, 1.54) is 0 Å². The average molecular weight is 188 g/mol. The van der Waals surface area contributed by atoms with Crippen molar-refractivity contribution >= 4 is 0 Å². The minimum Gasteiger partial charge on any atom is -0.0465 e. The first-order valence-corrected chi connectivity index (χ1v) is 6.74. The van der Waals surface area contributed by atoms with Crippen molar-refractivity contribution in [2.45, 2.75) is 64.2 Å². The van der Waals surface area contributed by atoms with Crippen LogP contribution < -0.4 is 0 Å². The molecule has 0 heteroatoms. The Morgan fingerprint density at radius 3 is 0.714 bits per heavy atom. The van der Waals surface area contributed by atoms with Gasteiger partial charge in [-0.2, -0.15) is 0 Å². The predicted octanol–water partition coefficient (Wildman–Crippen LogP) is 3.90. The quantitative estimate of drug-likeness (QED) is 0.541. The van der Waals surface area contributed by atoms with Crippen LogP contribution in [0.2, 0.25) is 0 Å². The Morgan fingerprint density at radius 2 is 0.571 bits per heavy atom. The number of rotatable bonds is 0. The molecule has 14 heavy (non-hydrogen) atoms. The van der Waals surface area contributed by atoms with Gasteiger partial charge in [0.1, 0.15) is 0 Å². The van der Waals surface area contributed by atoms with Gasteiger partial charge in [-0.25, -0.2) is 0 Å². The van der Waals surface area contributed by atoms with Crippen LogP contribution in [0.15, 0.2) is 0 Å². The van der Waals surface area contributed by atoms with Crippen molar-refractivity contribution in [2.24, 2.45) is 21.7 Å². The predicted molar refractivity (Wildman–Crippen MR) is 55.9 cm³/mol. The van der Waals surface area contributed by atoms with E-state index in [1.807, 2.05) is 0 Å². The van der Waals surface area contributed by atoms with Gasteiger partial charge in [0.05, 0.1) is 0 Å². The van der Waals surface area contributed by atoms with Gasteiger partial charge in [-0.3, -0.25) is 0 Å². The first kappa shape index (κ1) is 7.30. The fraction of sp³-hybridized carbons (Fsp3) is 1.00. The van der Waals surface area contributed by atoms with E-state index < -0.39 is 0 Å². The van der Waals surface area contributed by atoms with E-state index >= 15 is 0 Å². The number of hydrogen-bond acceptors (Lipinski definition) is 0. The van der Waals surface area contributed by atoms with E-state index in [4.69, 9.17) is 0 Å². The largest absolute Gasteiger partial charge is 0.0465 e. The first-order valence-electron chi connectivity index (χ1n) is 6.74. The van der Waals surface area contributed by atoms with Crippen LogP contribution in [0.3, 0.4) is 0 Å². The Hall–Kier alpha value is 0. The van der Waals surface area contributed by atoms with E-state index in [-0.39, 0.29) is 0 Å². The maximum atomic E-state index is 1.68. The average Bonchev–Trinajstić information content (AvgIpc) is 3.02. The molecule has 0 heterocycles. The molecule has 5 aliphatic rings. The van der Waals surface area contributed by atoms with Crippen molar-refractivity contribution in [3.8, 4) is 0 Å². The summed E-state index contributed by atoms with van der Waals surface area (Å²) >= 11 is 0. The molecule has 0 N–H and O–H groups in total. The molecule has 0 aliphatic heterocycles. The Balaban J connectivity index is 1.63. The summed E-state index contributed by atoms with van der Waals surface area (Å²) in [5, 5.41) is 0. The summed E-state index contributed by atoms with van der Waals surface area (Å²) < 4.78 is 0. The second kappa shape index (κ2) is 1.62. The topological polar surface area (TPSA) is 0 Å². The normalized spacial score (nSPS) is 44.6. The third kappa shape index (κ3) is 0.581. The summed E-state index contributed by atoms with van der Waals surface area (Å²) in [4.78, 5) is 0. The zero-order chi connectivity index (χ0) is 9.07. The van der Waals surface area contributed by atoms with Gasteiger partial charge in [-0.1, -0.05) is 0 Å². The van der Waals surface area contributed by atoms with Crippen molar-refractivity contribution in [2.75, 3.05) is 0 Å². The summed E-state index contributed by atoms with van der Waals surface area (Å²) in [6.07, 6.45) is 16.3. The van der Waals surface area contributed by atoms with Crippen LogP contribution in [0.1, 0.15) is 64.2 Å². The maximum absolute atomic E-state index is 1.68. The highest BCUT2D eigenvalue weighted by atomic mass is 14.8. The Morgan fingerprint density at radius 1 is 0.357 bits per heavy atom. The van der Waals surface area contributed by atoms with Crippen LogP contribution in [0.25, 0.3) is 0 Å². The molecule has 5 saturated carbocycles. The first-order chi connectivity index (χ1) is 6.74. The third-order valence-corrected chi connectivity index (χ3v) is 7.02. The molecule has 0 aromatic heterocycles. The van der Waals surface area contributed by atoms with Gasteiger partial charge in [0, 0.05) is 0 Å². The molecule has 5 aliphatic carbocycles. The van der Waals surface area contributed by atoms with Gasteiger partial charge in [0.2, 0.25) is 0 Å². The highest BCUT2D eigenvalue weighted by molar-refractivity contribution is 5.29. The summed E-state index contributed by atoms with van der Waals surface area (Å²) in [7, 11) is 0. The summed E-state index contributed by atoms with van der Waals surface area (Å²) in [6, 6.07) is 0. The molecule has 5 fully saturated rings. The Kier molecular flexibility index (Phi) is 0.845. The highest BCUT2D eigenvalue weighted by Gasteiger charge is 2.79. The number of hydrogen-bond donors (Lipinski definition) is 0. The molecule has 0 aromatic carbocycles. The lowest BCUT2D eigenvalue weighted by atomic mass is 9.60. The molecule has 4 spiro atoms. The highest BCUT2D eigenvalue weighted by Crippen LogP contribution is 2.89. The van der Waals surface area contributed by atoms with Gasteiger partial charge < -0.3 is 0 Å². The maximum Gasteiger partial charge on any atom is -0.0235 e. The van der Waals surface area contributed by atoms with Gasteiger partial charge in [0.15, 0.2) is 0 Å². The lowest BCUT2D eigenvalue weighted by Crippen LogP contribution is -2.36. The zero-order valence-electron chi connectivity index (χ0n) is 9.07. The molecule has 0 radical (unpaired) electrons. The van der Waals surface area contributed by atoms with Crippen LogP contribution in [-0.2, 0) is 0 Å². The fourth-order valence-electron chi connectivity index (χ4n) is 5.48. The zero-order valence-corrected chi connectivity index (χ0v) is 9.07. The van der Waals surface area contributed by atoms with E-state index in [0.717, 1.165) is 21.7 Å².